The Morgan fingerprint density at radius 2 is 2.04 bits per heavy atom. The molecule has 0 radical (unpaired) electrons. The van der Waals surface area contributed by atoms with Gasteiger partial charge in [0.05, 0.1) is 33.7 Å². The first-order valence-corrected chi connectivity index (χ1v) is 9.81. The van der Waals surface area contributed by atoms with Crippen LogP contribution >= 0.6 is 27.5 Å². The minimum atomic E-state index is 0.632. The molecule has 0 unspecified atom stereocenters. The lowest BCUT2D eigenvalue weighted by atomic mass is 10.1. The third kappa shape index (κ3) is 3.02. The molecule has 0 aliphatic carbocycles. The van der Waals surface area contributed by atoms with Crippen LogP contribution in [0.3, 0.4) is 0 Å². The molecule has 8 heteroatoms. The molecule has 0 aliphatic heterocycles. The molecule has 2 aromatic carbocycles. The molecule has 0 atom stereocenters. The Balaban J connectivity index is 1.55. The summed E-state index contributed by atoms with van der Waals surface area (Å²) in [6, 6.07) is 15.8. The number of fused-ring (bicyclic) bond motifs is 2. The van der Waals surface area contributed by atoms with E-state index in [1.54, 1.807) is 17.0 Å². The van der Waals surface area contributed by atoms with Crippen LogP contribution in [0.2, 0.25) is 5.02 Å². The zero-order valence-corrected chi connectivity index (χ0v) is 16.9. The van der Waals surface area contributed by atoms with Crippen LogP contribution in [-0.2, 0) is 6.54 Å². The van der Waals surface area contributed by atoms with Crippen molar-refractivity contribution in [2.45, 2.75) is 6.54 Å². The molecule has 6 nitrogen and oxygen atoms in total. The van der Waals surface area contributed by atoms with E-state index in [2.05, 4.69) is 48.4 Å². The summed E-state index contributed by atoms with van der Waals surface area (Å²) in [5.74, 6) is 0.829. The van der Waals surface area contributed by atoms with Crippen LogP contribution in [0.25, 0.3) is 27.9 Å². The topological polar surface area (TPSA) is 70.9 Å². The highest BCUT2D eigenvalue weighted by molar-refractivity contribution is 9.10. The van der Waals surface area contributed by atoms with Crippen molar-refractivity contribution >= 4 is 50.0 Å². The maximum atomic E-state index is 6.39. The number of aromatic nitrogens is 5. The number of hydrogen-bond donors (Lipinski definition) is 2. The van der Waals surface area contributed by atoms with Crippen LogP contribution in [0.15, 0.2) is 65.5 Å². The molecule has 2 N–H and O–H groups in total. The molecular weight excluding hydrogens is 440 g/mol. The number of rotatable bonds is 4. The normalized spacial score (nSPS) is 11.4. The Morgan fingerprint density at radius 3 is 2.93 bits per heavy atom. The van der Waals surface area contributed by atoms with Gasteiger partial charge >= 0.3 is 0 Å². The SMILES string of the molecule is Clc1ccccc1-c1cc(NCc2ccc3nc[nH]c3c2)n2ncc(Br)c2n1. The average molecular weight is 454 g/mol. The van der Waals surface area contributed by atoms with Crippen molar-refractivity contribution in [2.75, 3.05) is 5.32 Å². The summed E-state index contributed by atoms with van der Waals surface area (Å²) in [4.78, 5) is 12.1. The van der Waals surface area contributed by atoms with Crippen LogP contribution in [0.4, 0.5) is 5.82 Å². The van der Waals surface area contributed by atoms with E-state index in [1.165, 1.54) is 0 Å². The number of imidazole rings is 1. The molecule has 28 heavy (non-hydrogen) atoms. The van der Waals surface area contributed by atoms with E-state index in [-0.39, 0.29) is 0 Å². The molecule has 5 aromatic rings. The minimum absolute atomic E-state index is 0.632. The molecule has 0 amide bonds. The molecule has 138 valence electrons. The van der Waals surface area contributed by atoms with Gasteiger partial charge in [-0.25, -0.2) is 9.97 Å². The van der Waals surface area contributed by atoms with Crippen LogP contribution in [0.1, 0.15) is 5.56 Å². The summed E-state index contributed by atoms with van der Waals surface area (Å²) >= 11 is 9.92. The van der Waals surface area contributed by atoms with Crippen LogP contribution in [0.5, 0.6) is 0 Å². The maximum Gasteiger partial charge on any atom is 0.172 e. The first-order valence-electron chi connectivity index (χ1n) is 8.64. The Bertz CT molecular complexity index is 1310. The number of halogens is 2. The second-order valence-corrected chi connectivity index (χ2v) is 7.60. The van der Waals surface area contributed by atoms with E-state index in [4.69, 9.17) is 16.6 Å². The lowest BCUT2D eigenvalue weighted by Crippen LogP contribution is -2.07. The molecule has 0 spiro atoms. The van der Waals surface area contributed by atoms with Crippen molar-refractivity contribution in [1.29, 1.82) is 0 Å². The highest BCUT2D eigenvalue weighted by Crippen LogP contribution is 2.30. The van der Waals surface area contributed by atoms with Gasteiger partial charge in [-0.15, -0.1) is 0 Å². The second-order valence-electron chi connectivity index (χ2n) is 6.34. The van der Waals surface area contributed by atoms with Crippen LogP contribution < -0.4 is 5.32 Å². The highest BCUT2D eigenvalue weighted by atomic mass is 79.9. The molecule has 3 aromatic heterocycles. The largest absolute Gasteiger partial charge is 0.366 e. The van der Waals surface area contributed by atoms with E-state index in [9.17, 15) is 0 Å². The molecule has 0 bridgehead atoms. The fourth-order valence-corrected chi connectivity index (χ4v) is 3.73. The smallest absolute Gasteiger partial charge is 0.172 e. The lowest BCUT2D eigenvalue weighted by molar-refractivity contribution is 0.927. The molecule has 3 heterocycles. The van der Waals surface area contributed by atoms with Gasteiger partial charge in [0.15, 0.2) is 5.65 Å². The quantitative estimate of drug-likeness (QED) is 0.387. The van der Waals surface area contributed by atoms with Gasteiger partial charge in [-0.2, -0.15) is 9.61 Å². The standard InChI is InChI=1S/C20H14BrClN6/c21-14-10-26-28-19(23-9-12-5-6-16-18(7-12)25-11-24-16)8-17(27-20(14)28)13-3-1-2-4-15(13)22/h1-8,10-11,23H,9H2,(H,24,25). The maximum absolute atomic E-state index is 6.39. The summed E-state index contributed by atoms with van der Waals surface area (Å²) in [7, 11) is 0. The van der Waals surface area contributed by atoms with Crippen molar-refractivity contribution in [3.05, 3.63) is 76.1 Å². The number of benzene rings is 2. The number of nitrogens with one attached hydrogen (secondary N) is 2. The average Bonchev–Trinajstić information content (AvgIpc) is 3.33. The first-order chi connectivity index (χ1) is 13.7. The van der Waals surface area contributed by atoms with Gasteiger partial charge in [0, 0.05) is 23.2 Å². The van der Waals surface area contributed by atoms with Gasteiger partial charge in [-0.1, -0.05) is 35.9 Å². The zero-order valence-electron chi connectivity index (χ0n) is 14.5. The van der Waals surface area contributed by atoms with Gasteiger partial charge in [0.2, 0.25) is 0 Å². The lowest BCUT2D eigenvalue weighted by Gasteiger charge is -2.12. The van der Waals surface area contributed by atoms with E-state index >= 15 is 0 Å². The Labute approximate surface area is 173 Å². The number of hydrogen-bond acceptors (Lipinski definition) is 4. The highest BCUT2D eigenvalue weighted by Gasteiger charge is 2.13. The van der Waals surface area contributed by atoms with Crippen molar-refractivity contribution in [3.8, 4) is 11.3 Å². The van der Waals surface area contributed by atoms with Gasteiger partial charge in [0.25, 0.3) is 0 Å². The minimum Gasteiger partial charge on any atom is -0.366 e. The molecule has 5 rings (SSSR count). The van der Waals surface area contributed by atoms with Gasteiger partial charge < -0.3 is 10.3 Å². The summed E-state index contributed by atoms with van der Waals surface area (Å²) in [5, 5.41) is 8.55. The number of aromatic amines is 1. The molecule has 0 saturated carbocycles. The van der Waals surface area contributed by atoms with Crippen molar-refractivity contribution in [2.24, 2.45) is 0 Å². The summed E-state index contributed by atoms with van der Waals surface area (Å²) in [5.41, 5.74) is 5.48. The molecule has 0 aliphatic rings. The molecule has 0 fully saturated rings. The Kier molecular flexibility index (Phi) is 4.26. The molecule has 0 saturated heterocycles. The number of H-pyrrole nitrogens is 1. The van der Waals surface area contributed by atoms with Crippen molar-refractivity contribution in [1.82, 2.24) is 24.6 Å². The molecular formula is C20H14BrClN6. The summed E-state index contributed by atoms with van der Waals surface area (Å²) in [6.45, 7) is 0.632. The van der Waals surface area contributed by atoms with E-state index in [0.29, 0.717) is 11.6 Å². The monoisotopic (exact) mass is 452 g/mol. The first kappa shape index (κ1) is 17.2. The van der Waals surface area contributed by atoms with Crippen molar-refractivity contribution < 1.29 is 0 Å². The number of anilines is 1. The fourth-order valence-electron chi connectivity index (χ4n) is 3.15. The predicted molar refractivity (Wildman–Crippen MR) is 115 cm³/mol. The van der Waals surface area contributed by atoms with Crippen molar-refractivity contribution in [3.63, 3.8) is 0 Å². The zero-order chi connectivity index (χ0) is 19.1. The Morgan fingerprint density at radius 1 is 1.14 bits per heavy atom. The summed E-state index contributed by atoms with van der Waals surface area (Å²) < 4.78 is 2.60. The second kappa shape index (κ2) is 6.92. The van der Waals surface area contributed by atoms with Crippen LogP contribution in [0, 0.1) is 0 Å². The van der Waals surface area contributed by atoms with E-state index in [1.807, 2.05) is 36.4 Å². The van der Waals surface area contributed by atoms with Gasteiger partial charge in [-0.3, -0.25) is 0 Å². The van der Waals surface area contributed by atoms with Crippen LogP contribution in [-0.4, -0.2) is 24.6 Å². The third-order valence-corrected chi connectivity index (χ3v) is 5.43. The van der Waals surface area contributed by atoms with E-state index in [0.717, 1.165) is 43.8 Å². The van der Waals surface area contributed by atoms with Gasteiger partial charge in [-0.05, 0) is 39.7 Å². The van der Waals surface area contributed by atoms with E-state index < -0.39 is 0 Å². The number of nitrogens with zero attached hydrogens (tertiary/aromatic N) is 4. The summed E-state index contributed by atoms with van der Waals surface area (Å²) in [6.07, 6.45) is 3.44. The third-order valence-electron chi connectivity index (χ3n) is 4.54. The van der Waals surface area contributed by atoms with Gasteiger partial charge in [0.1, 0.15) is 5.82 Å². The fraction of sp³-hybridized carbons (Fsp3) is 0.0500. The Hall–Kier alpha value is -2.90. The predicted octanol–water partition coefficient (Wildman–Crippen LogP) is 5.30.